The zero-order chi connectivity index (χ0) is 5.11. The van der Waals surface area contributed by atoms with E-state index >= 15 is 0 Å². The average molecular weight is 118 g/mol. The minimum atomic E-state index is 0.255. The summed E-state index contributed by atoms with van der Waals surface area (Å²) in [5.41, 5.74) is 0. The van der Waals surface area contributed by atoms with Crippen LogP contribution in [-0.2, 0) is 4.74 Å². The Kier molecular flexibility index (Phi) is 1.97. The number of methoxy groups -OCH3 is 1. The molecule has 7 heavy (non-hydrogen) atoms. The number of rotatable bonds is 1. The van der Waals surface area contributed by atoms with Gasteiger partial charge in [0.2, 0.25) is 0 Å². The van der Waals surface area contributed by atoms with Gasteiger partial charge in [0.05, 0.1) is 0 Å². The lowest BCUT2D eigenvalue weighted by Gasteiger charge is -2.02. The highest BCUT2D eigenvalue weighted by Gasteiger charge is 2.12. The van der Waals surface area contributed by atoms with E-state index < -0.39 is 0 Å². The molecule has 0 aromatic rings. The van der Waals surface area contributed by atoms with Crippen molar-refractivity contribution in [1.29, 1.82) is 0 Å². The Morgan fingerprint density at radius 1 is 2.00 bits per heavy atom. The summed E-state index contributed by atoms with van der Waals surface area (Å²) >= 11 is 1.61. The summed E-state index contributed by atoms with van der Waals surface area (Å²) in [4.78, 5) is 0. The maximum absolute atomic E-state index is 4.95. The lowest BCUT2D eigenvalue weighted by molar-refractivity contribution is 0.103. The fraction of sp³-hybridized carbons (Fsp3) is 0.750. The van der Waals surface area contributed by atoms with Crippen molar-refractivity contribution < 1.29 is 4.74 Å². The largest absolute Gasteiger partial charge is 0.366 e. The molecule has 1 saturated heterocycles. The molecule has 0 aromatic carbocycles. The summed E-state index contributed by atoms with van der Waals surface area (Å²) in [5.74, 6) is 2.09. The van der Waals surface area contributed by atoms with E-state index in [0.29, 0.717) is 0 Å². The van der Waals surface area contributed by atoms with E-state index in [-0.39, 0.29) is 6.23 Å². The van der Waals surface area contributed by atoms with Gasteiger partial charge in [-0.1, -0.05) is 11.9 Å². The van der Waals surface area contributed by atoms with Gasteiger partial charge in [-0.05, 0) is 0 Å². The third-order valence-electron chi connectivity index (χ3n) is 0.878. The van der Waals surface area contributed by atoms with E-state index in [9.17, 15) is 0 Å². The Morgan fingerprint density at radius 3 is 3.14 bits per heavy atom. The molecule has 1 atom stereocenters. The Labute approximate surface area is 47.8 Å². The van der Waals surface area contributed by atoms with Crippen LogP contribution in [0.1, 0.15) is 6.42 Å². The van der Waals surface area contributed by atoms with Gasteiger partial charge in [0.15, 0.2) is 0 Å². The Morgan fingerprint density at radius 2 is 2.86 bits per heavy atom. The molecule has 1 fully saturated rings. The quantitative estimate of drug-likeness (QED) is 0.514. The smallest absolute Gasteiger partial charge is 0.117 e. The standard InChI is InChI=1S/C4H8NOS/c1-6-4-2-3-7-5-4/h3-5H,2H2,1H3. The lowest BCUT2D eigenvalue weighted by atomic mass is 10.4. The molecule has 1 aliphatic rings. The molecule has 1 heterocycles. The van der Waals surface area contributed by atoms with Gasteiger partial charge in [-0.2, -0.15) is 0 Å². The van der Waals surface area contributed by atoms with Crippen molar-refractivity contribution in [2.24, 2.45) is 0 Å². The van der Waals surface area contributed by atoms with Crippen molar-refractivity contribution in [3.05, 3.63) is 5.75 Å². The van der Waals surface area contributed by atoms with Crippen LogP contribution in [0.15, 0.2) is 0 Å². The summed E-state index contributed by atoms with van der Waals surface area (Å²) in [7, 11) is 1.71. The van der Waals surface area contributed by atoms with E-state index in [1.807, 2.05) is 0 Å². The van der Waals surface area contributed by atoms with E-state index in [1.54, 1.807) is 19.1 Å². The first-order valence-electron chi connectivity index (χ1n) is 2.19. The van der Waals surface area contributed by atoms with Gasteiger partial charge in [-0.25, -0.2) is 4.72 Å². The Hall–Kier alpha value is 0.270. The summed E-state index contributed by atoms with van der Waals surface area (Å²) in [5, 5.41) is 0. The normalized spacial score (nSPS) is 31.3. The SMILES string of the molecule is COC1C[CH]SN1. The van der Waals surface area contributed by atoms with Crippen molar-refractivity contribution in [3.8, 4) is 0 Å². The fourth-order valence-corrected chi connectivity index (χ4v) is 1.16. The molecule has 0 saturated carbocycles. The van der Waals surface area contributed by atoms with Crippen LogP contribution >= 0.6 is 11.9 Å². The number of hydrogen-bond donors (Lipinski definition) is 1. The summed E-state index contributed by atoms with van der Waals surface area (Å²) < 4.78 is 7.99. The second kappa shape index (κ2) is 2.55. The van der Waals surface area contributed by atoms with Crippen molar-refractivity contribution in [1.82, 2.24) is 4.72 Å². The molecule has 0 spiro atoms. The van der Waals surface area contributed by atoms with Crippen molar-refractivity contribution in [3.63, 3.8) is 0 Å². The molecule has 1 aliphatic heterocycles. The van der Waals surface area contributed by atoms with E-state index in [4.69, 9.17) is 4.74 Å². The molecule has 2 nitrogen and oxygen atoms in total. The van der Waals surface area contributed by atoms with Crippen LogP contribution in [0.5, 0.6) is 0 Å². The second-order valence-corrected chi connectivity index (χ2v) is 2.17. The van der Waals surface area contributed by atoms with Crippen LogP contribution in [0.3, 0.4) is 0 Å². The summed E-state index contributed by atoms with van der Waals surface area (Å²) in [6, 6.07) is 0. The highest BCUT2D eigenvalue weighted by atomic mass is 32.2. The Balaban J connectivity index is 2.14. The molecule has 1 radical (unpaired) electrons. The minimum Gasteiger partial charge on any atom is -0.366 e. The zero-order valence-corrected chi connectivity index (χ0v) is 4.99. The topological polar surface area (TPSA) is 21.3 Å². The molecular formula is C4H8NOS. The maximum atomic E-state index is 4.95. The third kappa shape index (κ3) is 1.33. The zero-order valence-electron chi connectivity index (χ0n) is 4.18. The molecule has 0 bridgehead atoms. The van der Waals surface area contributed by atoms with Gasteiger partial charge in [-0.3, -0.25) is 0 Å². The van der Waals surface area contributed by atoms with E-state index in [0.717, 1.165) is 6.42 Å². The van der Waals surface area contributed by atoms with Gasteiger partial charge < -0.3 is 4.74 Å². The highest BCUT2D eigenvalue weighted by Crippen LogP contribution is 2.17. The maximum Gasteiger partial charge on any atom is 0.117 e. The van der Waals surface area contributed by atoms with Gasteiger partial charge in [-0.15, -0.1) is 0 Å². The van der Waals surface area contributed by atoms with Crippen molar-refractivity contribution in [2.45, 2.75) is 12.6 Å². The minimum absolute atomic E-state index is 0.255. The Bertz CT molecular complexity index is 53.7. The summed E-state index contributed by atoms with van der Waals surface area (Å²) in [6.45, 7) is 0. The molecule has 0 aliphatic carbocycles. The van der Waals surface area contributed by atoms with E-state index in [1.165, 1.54) is 0 Å². The van der Waals surface area contributed by atoms with Crippen molar-refractivity contribution >= 4 is 11.9 Å². The first-order chi connectivity index (χ1) is 3.43. The molecule has 3 heteroatoms. The highest BCUT2D eigenvalue weighted by molar-refractivity contribution is 7.99. The lowest BCUT2D eigenvalue weighted by Crippen LogP contribution is -2.17. The summed E-state index contributed by atoms with van der Waals surface area (Å²) in [6.07, 6.45) is 1.27. The molecule has 1 rings (SSSR count). The van der Waals surface area contributed by atoms with Crippen LogP contribution in [0.25, 0.3) is 0 Å². The second-order valence-electron chi connectivity index (χ2n) is 1.36. The van der Waals surface area contributed by atoms with Gasteiger partial charge in [0, 0.05) is 19.3 Å². The molecular weight excluding hydrogens is 110 g/mol. The first-order valence-corrected chi connectivity index (χ1v) is 3.07. The molecule has 1 unspecified atom stereocenters. The molecule has 1 N–H and O–H groups in total. The average Bonchev–Trinajstić information content (AvgIpc) is 2.14. The number of nitrogens with one attached hydrogen (secondary N) is 1. The predicted molar refractivity (Wildman–Crippen MR) is 30.4 cm³/mol. The van der Waals surface area contributed by atoms with Crippen LogP contribution in [0.4, 0.5) is 0 Å². The predicted octanol–water partition coefficient (Wildman–Crippen LogP) is 0.762. The monoisotopic (exact) mass is 118 g/mol. The third-order valence-corrected chi connectivity index (χ3v) is 1.64. The van der Waals surface area contributed by atoms with Gasteiger partial charge >= 0.3 is 0 Å². The molecule has 41 valence electrons. The molecule has 0 aromatic heterocycles. The first kappa shape index (κ1) is 5.41. The van der Waals surface area contributed by atoms with Gasteiger partial charge in [0.25, 0.3) is 0 Å². The van der Waals surface area contributed by atoms with E-state index in [2.05, 4.69) is 10.5 Å². The van der Waals surface area contributed by atoms with Crippen molar-refractivity contribution in [2.75, 3.05) is 7.11 Å². The van der Waals surface area contributed by atoms with Crippen LogP contribution < -0.4 is 4.72 Å². The molecule has 0 amide bonds. The van der Waals surface area contributed by atoms with Crippen LogP contribution in [-0.4, -0.2) is 13.3 Å². The van der Waals surface area contributed by atoms with Gasteiger partial charge in [0.1, 0.15) is 6.23 Å². The number of ether oxygens (including phenoxy) is 1. The van der Waals surface area contributed by atoms with Crippen LogP contribution in [0.2, 0.25) is 0 Å². The number of hydrogen-bond acceptors (Lipinski definition) is 3. The van der Waals surface area contributed by atoms with Crippen LogP contribution in [0, 0.1) is 5.75 Å². The fourth-order valence-electron chi connectivity index (χ4n) is 0.452.